The minimum atomic E-state index is -0.124. The van der Waals surface area contributed by atoms with E-state index >= 15 is 0 Å². The SMILES string of the molecule is COc1ccc(-c2coc3cc(N)ccc3c2=O)cc1N. The molecule has 0 saturated carbocycles. The van der Waals surface area contributed by atoms with E-state index in [0.717, 1.165) is 0 Å². The molecule has 106 valence electrons. The maximum absolute atomic E-state index is 12.5. The van der Waals surface area contributed by atoms with Gasteiger partial charge in [-0.3, -0.25) is 4.79 Å². The summed E-state index contributed by atoms with van der Waals surface area (Å²) in [5.41, 5.74) is 14.0. The monoisotopic (exact) mass is 282 g/mol. The molecule has 0 aliphatic rings. The molecule has 0 amide bonds. The quantitative estimate of drug-likeness (QED) is 0.705. The van der Waals surface area contributed by atoms with Crippen LogP contribution in [0.15, 0.2) is 51.9 Å². The molecule has 1 heterocycles. The van der Waals surface area contributed by atoms with Gasteiger partial charge in [-0.1, -0.05) is 6.07 Å². The molecule has 0 atom stereocenters. The fourth-order valence-corrected chi connectivity index (χ4v) is 2.25. The lowest BCUT2D eigenvalue weighted by Crippen LogP contribution is -2.05. The molecule has 1 aromatic heterocycles. The van der Waals surface area contributed by atoms with Crippen molar-refractivity contribution in [3.63, 3.8) is 0 Å². The van der Waals surface area contributed by atoms with Crippen LogP contribution in [0.2, 0.25) is 0 Å². The molecule has 0 spiro atoms. The Morgan fingerprint density at radius 3 is 2.62 bits per heavy atom. The molecule has 21 heavy (non-hydrogen) atoms. The first-order chi connectivity index (χ1) is 10.1. The number of anilines is 2. The molecule has 2 aromatic carbocycles. The van der Waals surface area contributed by atoms with Crippen molar-refractivity contribution in [1.82, 2.24) is 0 Å². The highest BCUT2D eigenvalue weighted by Gasteiger charge is 2.11. The van der Waals surface area contributed by atoms with Gasteiger partial charge < -0.3 is 20.6 Å². The fourth-order valence-electron chi connectivity index (χ4n) is 2.25. The third kappa shape index (κ3) is 2.18. The number of benzene rings is 2. The van der Waals surface area contributed by atoms with Crippen molar-refractivity contribution in [3.05, 3.63) is 52.9 Å². The number of rotatable bonds is 2. The third-order valence-electron chi connectivity index (χ3n) is 3.34. The second-order valence-corrected chi connectivity index (χ2v) is 4.69. The van der Waals surface area contributed by atoms with E-state index in [1.54, 1.807) is 43.5 Å². The zero-order chi connectivity index (χ0) is 15.0. The summed E-state index contributed by atoms with van der Waals surface area (Å²) in [6, 6.07) is 10.1. The Labute approximate surface area is 120 Å². The van der Waals surface area contributed by atoms with Crippen LogP contribution in [0.4, 0.5) is 11.4 Å². The van der Waals surface area contributed by atoms with E-state index in [1.807, 2.05) is 0 Å². The molecule has 0 bridgehead atoms. The topological polar surface area (TPSA) is 91.5 Å². The molecular weight excluding hydrogens is 268 g/mol. The first kappa shape index (κ1) is 13.1. The smallest absolute Gasteiger partial charge is 0.200 e. The van der Waals surface area contributed by atoms with E-state index < -0.39 is 0 Å². The van der Waals surface area contributed by atoms with E-state index in [2.05, 4.69) is 0 Å². The van der Waals surface area contributed by atoms with Gasteiger partial charge in [-0.05, 0) is 29.8 Å². The zero-order valence-corrected chi connectivity index (χ0v) is 11.4. The van der Waals surface area contributed by atoms with Crippen LogP contribution < -0.4 is 21.6 Å². The van der Waals surface area contributed by atoms with Crippen molar-refractivity contribution in [3.8, 4) is 16.9 Å². The van der Waals surface area contributed by atoms with Crippen molar-refractivity contribution in [2.75, 3.05) is 18.6 Å². The number of hydrogen-bond acceptors (Lipinski definition) is 5. The molecule has 5 nitrogen and oxygen atoms in total. The zero-order valence-electron chi connectivity index (χ0n) is 11.4. The van der Waals surface area contributed by atoms with E-state index in [9.17, 15) is 4.79 Å². The lowest BCUT2D eigenvalue weighted by molar-refractivity contribution is 0.417. The molecule has 4 N–H and O–H groups in total. The fraction of sp³-hybridized carbons (Fsp3) is 0.0625. The Kier molecular flexibility index (Phi) is 3.02. The van der Waals surface area contributed by atoms with E-state index in [1.165, 1.54) is 6.26 Å². The first-order valence-corrected chi connectivity index (χ1v) is 6.35. The van der Waals surface area contributed by atoms with Crippen LogP contribution >= 0.6 is 0 Å². The van der Waals surface area contributed by atoms with Crippen LogP contribution in [-0.4, -0.2) is 7.11 Å². The summed E-state index contributed by atoms with van der Waals surface area (Å²) < 4.78 is 10.6. The summed E-state index contributed by atoms with van der Waals surface area (Å²) in [6.07, 6.45) is 1.42. The van der Waals surface area contributed by atoms with Crippen LogP contribution in [-0.2, 0) is 0 Å². The van der Waals surface area contributed by atoms with Crippen LogP contribution in [0.5, 0.6) is 5.75 Å². The Balaban J connectivity index is 2.21. The maximum Gasteiger partial charge on any atom is 0.200 e. The van der Waals surface area contributed by atoms with Gasteiger partial charge in [0.1, 0.15) is 17.6 Å². The average Bonchev–Trinajstić information content (AvgIpc) is 2.47. The van der Waals surface area contributed by atoms with Crippen molar-refractivity contribution < 1.29 is 9.15 Å². The van der Waals surface area contributed by atoms with E-state index in [0.29, 0.717) is 39.2 Å². The van der Waals surface area contributed by atoms with Crippen LogP contribution in [0.25, 0.3) is 22.1 Å². The highest BCUT2D eigenvalue weighted by molar-refractivity contribution is 5.84. The predicted molar refractivity (Wildman–Crippen MR) is 83.3 cm³/mol. The number of ether oxygens (including phenoxy) is 1. The molecule has 0 aliphatic heterocycles. The lowest BCUT2D eigenvalue weighted by atomic mass is 10.0. The third-order valence-corrected chi connectivity index (χ3v) is 3.34. The van der Waals surface area contributed by atoms with Crippen molar-refractivity contribution in [1.29, 1.82) is 0 Å². The minimum Gasteiger partial charge on any atom is -0.495 e. The van der Waals surface area contributed by atoms with Crippen LogP contribution in [0.3, 0.4) is 0 Å². The Bertz CT molecular complexity index is 884. The maximum atomic E-state index is 12.5. The summed E-state index contributed by atoms with van der Waals surface area (Å²) >= 11 is 0. The normalized spacial score (nSPS) is 10.7. The molecule has 0 radical (unpaired) electrons. The van der Waals surface area contributed by atoms with Gasteiger partial charge in [0, 0.05) is 11.8 Å². The summed E-state index contributed by atoms with van der Waals surface area (Å²) in [7, 11) is 1.54. The van der Waals surface area contributed by atoms with Crippen molar-refractivity contribution in [2.24, 2.45) is 0 Å². The Morgan fingerprint density at radius 1 is 1.10 bits per heavy atom. The minimum absolute atomic E-state index is 0.124. The van der Waals surface area contributed by atoms with Crippen molar-refractivity contribution in [2.45, 2.75) is 0 Å². The van der Waals surface area contributed by atoms with Gasteiger partial charge in [0.05, 0.1) is 23.7 Å². The van der Waals surface area contributed by atoms with E-state index in [4.69, 9.17) is 20.6 Å². The van der Waals surface area contributed by atoms with Gasteiger partial charge in [-0.15, -0.1) is 0 Å². The Hall–Kier alpha value is -2.95. The van der Waals surface area contributed by atoms with Gasteiger partial charge in [-0.2, -0.15) is 0 Å². The predicted octanol–water partition coefficient (Wildman–Crippen LogP) is 2.63. The molecule has 3 aromatic rings. The molecule has 0 fully saturated rings. The summed E-state index contributed by atoms with van der Waals surface area (Å²) in [5, 5.41) is 0.482. The van der Waals surface area contributed by atoms with E-state index in [-0.39, 0.29) is 5.43 Å². The van der Waals surface area contributed by atoms with Gasteiger partial charge in [0.25, 0.3) is 0 Å². The van der Waals surface area contributed by atoms with Gasteiger partial charge in [0.2, 0.25) is 0 Å². The van der Waals surface area contributed by atoms with Gasteiger partial charge in [-0.25, -0.2) is 0 Å². The van der Waals surface area contributed by atoms with Gasteiger partial charge in [0.15, 0.2) is 5.43 Å². The molecule has 0 aliphatic carbocycles. The molecule has 0 unspecified atom stereocenters. The summed E-state index contributed by atoms with van der Waals surface area (Å²) in [6.45, 7) is 0. The molecular formula is C16H14N2O3. The highest BCUT2D eigenvalue weighted by atomic mass is 16.5. The average molecular weight is 282 g/mol. The molecule has 5 heteroatoms. The largest absolute Gasteiger partial charge is 0.495 e. The second kappa shape index (κ2) is 4.86. The van der Waals surface area contributed by atoms with Crippen LogP contribution in [0.1, 0.15) is 0 Å². The summed E-state index contributed by atoms with van der Waals surface area (Å²) in [4.78, 5) is 12.5. The standard InChI is InChI=1S/C16H14N2O3/c1-20-14-5-2-9(6-13(14)18)12-8-21-15-7-10(17)3-4-11(15)16(12)19/h2-8H,17-18H2,1H3. The molecule has 0 saturated heterocycles. The number of hydrogen-bond donors (Lipinski definition) is 2. The second-order valence-electron chi connectivity index (χ2n) is 4.69. The Morgan fingerprint density at radius 2 is 1.90 bits per heavy atom. The number of fused-ring (bicyclic) bond motifs is 1. The summed E-state index contributed by atoms with van der Waals surface area (Å²) in [5.74, 6) is 0.566. The first-order valence-electron chi connectivity index (χ1n) is 6.35. The highest BCUT2D eigenvalue weighted by Crippen LogP contribution is 2.28. The van der Waals surface area contributed by atoms with Crippen LogP contribution in [0, 0.1) is 0 Å². The lowest BCUT2D eigenvalue weighted by Gasteiger charge is -2.07. The molecule has 3 rings (SSSR count). The number of methoxy groups -OCH3 is 1. The number of nitrogens with two attached hydrogens (primary N) is 2. The van der Waals surface area contributed by atoms with Gasteiger partial charge >= 0.3 is 0 Å². The van der Waals surface area contributed by atoms with Crippen molar-refractivity contribution >= 4 is 22.3 Å². The number of nitrogen functional groups attached to an aromatic ring is 2.